The van der Waals surface area contributed by atoms with E-state index in [1.807, 2.05) is 30.5 Å². The lowest BCUT2D eigenvalue weighted by molar-refractivity contribution is 0.515. The normalized spacial score (nSPS) is 13.3. The predicted octanol–water partition coefficient (Wildman–Crippen LogP) is 3.53. The third kappa shape index (κ3) is 4.08. The van der Waals surface area contributed by atoms with Crippen LogP contribution >= 0.6 is 11.6 Å². The van der Waals surface area contributed by atoms with Gasteiger partial charge in [-0.2, -0.15) is 5.26 Å². The molecule has 4 heteroatoms. The van der Waals surface area contributed by atoms with E-state index in [2.05, 4.69) is 24.2 Å². The molecule has 0 bridgehead atoms. The van der Waals surface area contributed by atoms with Gasteiger partial charge in [0.05, 0.1) is 6.04 Å². The highest BCUT2D eigenvalue weighted by Crippen LogP contribution is 2.26. The molecule has 0 aliphatic carbocycles. The molecule has 0 spiro atoms. The van der Waals surface area contributed by atoms with Crippen molar-refractivity contribution in [3.05, 3.63) is 34.9 Å². The van der Waals surface area contributed by atoms with Crippen LogP contribution in [0.4, 0.5) is 0 Å². The molecule has 0 saturated heterocycles. The molecule has 90 valence electrons. The predicted molar refractivity (Wildman–Crippen MR) is 70.9 cm³/mol. The zero-order chi connectivity index (χ0) is 12.8. The summed E-state index contributed by atoms with van der Waals surface area (Å²) in [5.74, 6) is 0.979. The average molecular weight is 250 g/mol. The molecule has 0 aliphatic heterocycles. The maximum atomic E-state index is 8.54. The lowest BCUT2D eigenvalue weighted by Crippen LogP contribution is -2.16. The molecule has 0 saturated carbocycles. The minimum atomic E-state index is 0.0353. The second-order valence-electron chi connectivity index (χ2n) is 4.19. The molecule has 1 rings (SSSR count). The summed E-state index contributed by atoms with van der Waals surface area (Å²) < 4.78 is 0. The SMILES string of the molecule is CC(=N[C@@H](c1ccc(Cl)cc1)C(C)C)NC#N. The molecule has 1 N–H and O–H groups in total. The van der Waals surface area contributed by atoms with Crippen molar-refractivity contribution >= 4 is 17.4 Å². The molecular formula is C13H16ClN3. The number of nitriles is 1. The summed E-state index contributed by atoms with van der Waals surface area (Å²) in [6.07, 6.45) is 1.87. The number of amidine groups is 1. The Labute approximate surface area is 107 Å². The van der Waals surface area contributed by atoms with Gasteiger partial charge in [-0.25, -0.2) is 0 Å². The molecule has 1 atom stereocenters. The fraction of sp³-hybridized carbons (Fsp3) is 0.385. The molecule has 0 radical (unpaired) electrons. The van der Waals surface area contributed by atoms with Crippen molar-refractivity contribution in [2.24, 2.45) is 10.9 Å². The van der Waals surface area contributed by atoms with Crippen molar-refractivity contribution in [3.63, 3.8) is 0 Å². The van der Waals surface area contributed by atoms with Crippen LogP contribution in [0.1, 0.15) is 32.4 Å². The van der Waals surface area contributed by atoms with Gasteiger partial charge in [0.15, 0.2) is 6.19 Å². The van der Waals surface area contributed by atoms with Crippen molar-refractivity contribution in [1.82, 2.24) is 5.32 Å². The van der Waals surface area contributed by atoms with Gasteiger partial charge in [0.25, 0.3) is 0 Å². The Morgan fingerprint density at radius 2 is 1.94 bits per heavy atom. The summed E-state index contributed by atoms with van der Waals surface area (Å²) in [7, 11) is 0. The van der Waals surface area contributed by atoms with Gasteiger partial charge in [-0.3, -0.25) is 10.3 Å². The summed E-state index contributed by atoms with van der Waals surface area (Å²) in [5, 5.41) is 11.8. The highest BCUT2D eigenvalue weighted by molar-refractivity contribution is 6.30. The first-order valence-corrected chi connectivity index (χ1v) is 5.87. The number of hydrogen-bond acceptors (Lipinski definition) is 2. The largest absolute Gasteiger partial charge is 0.281 e. The number of hydrogen-bond donors (Lipinski definition) is 1. The maximum Gasteiger partial charge on any atom is 0.182 e. The number of benzene rings is 1. The Balaban J connectivity index is 2.98. The Morgan fingerprint density at radius 3 is 2.41 bits per heavy atom. The molecule has 0 aliphatic rings. The Morgan fingerprint density at radius 1 is 1.35 bits per heavy atom. The van der Waals surface area contributed by atoms with Crippen LogP contribution in [-0.2, 0) is 0 Å². The minimum Gasteiger partial charge on any atom is -0.281 e. The fourth-order valence-electron chi connectivity index (χ4n) is 1.59. The monoisotopic (exact) mass is 249 g/mol. The highest BCUT2D eigenvalue weighted by Gasteiger charge is 2.14. The zero-order valence-corrected chi connectivity index (χ0v) is 11.0. The topological polar surface area (TPSA) is 48.2 Å². The van der Waals surface area contributed by atoms with Gasteiger partial charge in [-0.05, 0) is 30.5 Å². The van der Waals surface area contributed by atoms with E-state index in [4.69, 9.17) is 16.9 Å². The van der Waals surface area contributed by atoms with E-state index in [0.717, 1.165) is 5.56 Å². The number of aliphatic imine (C=N–C) groups is 1. The molecule has 1 aromatic rings. The fourth-order valence-corrected chi connectivity index (χ4v) is 1.72. The van der Waals surface area contributed by atoms with Crippen LogP contribution in [0.15, 0.2) is 29.3 Å². The lowest BCUT2D eigenvalue weighted by Gasteiger charge is -2.17. The molecule has 0 heterocycles. The summed E-state index contributed by atoms with van der Waals surface area (Å²) in [5.41, 5.74) is 1.10. The first kappa shape index (κ1) is 13.5. The number of nitrogens with zero attached hydrogens (tertiary/aromatic N) is 2. The van der Waals surface area contributed by atoms with Gasteiger partial charge in [-0.15, -0.1) is 0 Å². The van der Waals surface area contributed by atoms with Crippen LogP contribution in [-0.4, -0.2) is 5.84 Å². The first-order valence-electron chi connectivity index (χ1n) is 5.49. The lowest BCUT2D eigenvalue weighted by atomic mass is 9.97. The van der Waals surface area contributed by atoms with E-state index >= 15 is 0 Å². The molecule has 0 unspecified atom stereocenters. The van der Waals surface area contributed by atoms with Crippen molar-refractivity contribution < 1.29 is 0 Å². The van der Waals surface area contributed by atoms with Crippen molar-refractivity contribution in [2.45, 2.75) is 26.8 Å². The second-order valence-corrected chi connectivity index (χ2v) is 4.63. The number of nitrogens with one attached hydrogen (secondary N) is 1. The third-order valence-corrected chi connectivity index (χ3v) is 2.66. The third-order valence-electron chi connectivity index (χ3n) is 2.41. The summed E-state index contributed by atoms with van der Waals surface area (Å²) in [6.45, 7) is 5.99. The van der Waals surface area contributed by atoms with E-state index in [1.165, 1.54) is 0 Å². The number of rotatable bonds is 3. The molecule has 1 aromatic carbocycles. The quantitative estimate of drug-likeness (QED) is 0.386. The van der Waals surface area contributed by atoms with Gasteiger partial charge in [0, 0.05) is 5.02 Å². The van der Waals surface area contributed by atoms with E-state index in [9.17, 15) is 0 Å². The van der Waals surface area contributed by atoms with Gasteiger partial charge >= 0.3 is 0 Å². The molecule has 0 aromatic heterocycles. The molecular weight excluding hydrogens is 234 g/mol. The summed E-state index contributed by atoms with van der Waals surface area (Å²) in [6, 6.07) is 7.68. The Hall–Kier alpha value is -1.53. The Bertz CT molecular complexity index is 429. The standard InChI is InChI=1S/C13H16ClN3/c1-9(2)13(17-10(3)16-8-15)11-4-6-12(14)7-5-11/h4-7,9,13H,1-3H3,(H,16,17)/t13-/m1/s1. The average Bonchev–Trinajstić information content (AvgIpc) is 2.27. The van der Waals surface area contributed by atoms with Crippen LogP contribution in [0.3, 0.4) is 0 Å². The van der Waals surface area contributed by atoms with E-state index in [1.54, 1.807) is 6.92 Å². The van der Waals surface area contributed by atoms with Gasteiger partial charge in [0.2, 0.25) is 0 Å². The van der Waals surface area contributed by atoms with Crippen molar-refractivity contribution in [1.29, 1.82) is 5.26 Å². The first-order chi connectivity index (χ1) is 8.04. The van der Waals surface area contributed by atoms with Gasteiger partial charge in [-0.1, -0.05) is 37.6 Å². The minimum absolute atomic E-state index is 0.0353. The highest BCUT2D eigenvalue weighted by atomic mass is 35.5. The zero-order valence-electron chi connectivity index (χ0n) is 10.2. The van der Waals surface area contributed by atoms with Gasteiger partial charge < -0.3 is 0 Å². The second kappa shape index (κ2) is 6.27. The van der Waals surface area contributed by atoms with E-state index < -0.39 is 0 Å². The molecule has 0 amide bonds. The molecule has 0 fully saturated rings. The maximum absolute atomic E-state index is 8.54. The van der Waals surface area contributed by atoms with Gasteiger partial charge in [0.1, 0.15) is 5.84 Å². The van der Waals surface area contributed by atoms with Crippen molar-refractivity contribution in [2.75, 3.05) is 0 Å². The van der Waals surface area contributed by atoms with E-state index in [0.29, 0.717) is 16.8 Å². The van der Waals surface area contributed by atoms with Crippen LogP contribution in [0.5, 0.6) is 0 Å². The van der Waals surface area contributed by atoms with E-state index in [-0.39, 0.29) is 6.04 Å². The molecule has 17 heavy (non-hydrogen) atoms. The molecule has 3 nitrogen and oxygen atoms in total. The van der Waals surface area contributed by atoms with Crippen LogP contribution in [0.25, 0.3) is 0 Å². The van der Waals surface area contributed by atoms with Crippen LogP contribution in [0.2, 0.25) is 5.02 Å². The summed E-state index contributed by atoms with van der Waals surface area (Å²) >= 11 is 5.86. The smallest absolute Gasteiger partial charge is 0.182 e. The Kier molecular flexibility index (Phi) is 4.99. The summed E-state index contributed by atoms with van der Waals surface area (Å²) in [4.78, 5) is 4.51. The van der Waals surface area contributed by atoms with Crippen molar-refractivity contribution in [3.8, 4) is 6.19 Å². The van der Waals surface area contributed by atoms with Crippen LogP contribution < -0.4 is 5.32 Å². The number of halogens is 1. The van der Waals surface area contributed by atoms with Crippen LogP contribution in [0, 0.1) is 17.4 Å².